The zero-order valence-corrected chi connectivity index (χ0v) is 12.1. The van der Waals surface area contributed by atoms with Crippen LogP contribution in [0.4, 0.5) is 4.39 Å². The molecule has 0 heterocycles. The monoisotopic (exact) mass is 253 g/mol. The number of halogens is 1. The SMILES string of the molecule is CN(C)CCOc1ccc(CF)cc1C(C)(C)C. The highest BCUT2D eigenvalue weighted by molar-refractivity contribution is 5.41. The first-order valence-corrected chi connectivity index (χ1v) is 6.31. The summed E-state index contributed by atoms with van der Waals surface area (Å²) in [5.41, 5.74) is 1.73. The van der Waals surface area contributed by atoms with E-state index in [1.165, 1.54) is 0 Å². The van der Waals surface area contributed by atoms with Gasteiger partial charge in [-0.2, -0.15) is 0 Å². The maximum absolute atomic E-state index is 12.7. The highest BCUT2D eigenvalue weighted by Gasteiger charge is 2.19. The number of rotatable bonds is 5. The summed E-state index contributed by atoms with van der Waals surface area (Å²) in [4.78, 5) is 2.08. The second-order valence-electron chi connectivity index (χ2n) is 5.87. The minimum atomic E-state index is -0.430. The van der Waals surface area contributed by atoms with Crippen LogP contribution in [0, 0.1) is 0 Å². The minimum absolute atomic E-state index is 0.0430. The zero-order chi connectivity index (χ0) is 13.8. The molecule has 0 aliphatic rings. The Kier molecular flexibility index (Phi) is 5.15. The molecule has 0 bridgehead atoms. The van der Waals surface area contributed by atoms with Gasteiger partial charge in [0.15, 0.2) is 0 Å². The number of nitrogens with zero attached hydrogens (tertiary/aromatic N) is 1. The summed E-state index contributed by atoms with van der Waals surface area (Å²) < 4.78 is 18.5. The Bertz CT molecular complexity index is 383. The standard InChI is InChI=1S/C15H24FNO/c1-15(2,3)13-10-12(11-16)6-7-14(13)18-9-8-17(4)5/h6-7,10H,8-9,11H2,1-5H3. The van der Waals surface area contributed by atoms with Crippen molar-refractivity contribution in [1.29, 1.82) is 0 Å². The van der Waals surface area contributed by atoms with E-state index < -0.39 is 6.67 Å². The van der Waals surface area contributed by atoms with Crippen LogP contribution in [0.15, 0.2) is 18.2 Å². The van der Waals surface area contributed by atoms with Crippen molar-refractivity contribution < 1.29 is 9.13 Å². The molecule has 0 spiro atoms. The van der Waals surface area contributed by atoms with Gasteiger partial charge in [0.05, 0.1) is 0 Å². The summed E-state index contributed by atoms with van der Waals surface area (Å²) in [6.45, 7) is 7.43. The van der Waals surface area contributed by atoms with Crippen molar-refractivity contribution in [3.8, 4) is 5.75 Å². The summed E-state index contributed by atoms with van der Waals surface area (Å²) in [6.07, 6.45) is 0. The smallest absolute Gasteiger partial charge is 0.123 e. The molecule has 0 aliphatic heterocycles. The molecule has 1 rings (SSSR count). The molecule has 102 valence electrons. The van der Waals surface area contributed by atoms with Crippen LogP contribution in [-0.2, 0) is 12.1 Å². The molecule has 1 aromatic carbocycles. The van der Waals surface area contributed by atoms with E-state index in [9.17, 15) is 4.39 Å². The third kappa shape index (κ3) is 4.30. The number of ether oxygens (including phenoxy) is 1. The molecule has 18 heavy (non-hydrogen) atoms. The van der Waals surface area contributed by atoms with Crippen LogP contribution in [0.2, 0.25) is 0 Å². The number of hydrogen-bond acceptors (Lipinski definition) is 2. The van der Waals surface area contributed by atoms with Gasteiger partial charge in [0.1, 0.15) is 19.0 Å². The molecule has 0 atom stereocenters. The van der Waals surface area contributed by atoms with Crippen LogP contribution in [0.1, 0.15) is 31.9 Å². The van der Waals surface area contributed by atoms with Gasteiger partial charge >= 0.3 is 0 Å². The fourth-order valence-electron chi connectivity index (χ4n) is 1.71. The third-order valence-electron chi connectivity index (χ3n) is 2.80. The summed E-state index contributed by atoms with van der Waals surface area (Å²) in [7, 11) is 4.03. The van der Waals surface area contributed by atoms with Crippen molar-refractivity contribution in [2.45, 2.75) is 32.9 Å². The Morgan fingerprint density at radius 3 is 2.39 bits per heavy atom. The summed E-state index contributed by atoms with van der Waals surface area (Å²) in [5, 5.41) is 0. The molecule has 0 saturated heterocycles. The first kappa shape index (κ1) is 15.0. The van der Waals surface area contributed by atoms with E-state index >= 15 is 0 Å². The molecule has 3 heteroatoms. The van der Waals surface area contributed by atoms with Gasteiger partial charge in [-0.1, -0.05) is 26.8 Å². The fraction of sp³-hybridized carbons (Fsp3) is 0.600. The van der Waals surface area contributed by atoms with Gasteiger partial charge in [0, 0.05) is 6.54 Å². The average molecular weight is 253 g/mol. The van der Waals surface area contributed by atoms with E-state index in [0.29, 0.717) is 12.2 Å². The van der Waals surface area contributed by atoms with Crippen molar-refractivity contribution >= 4 is 0 Å². The van der Waals surface area contributed by atoms with Gasteiger partial charge in [0.2, 0.25) is 0 Å². The topological polar surface area (TPSA) is 12.5 Å². The largest absolute Gasteiger partial charge is 0.492 e. The van der Waals surface area contributed by atoms with E-state index in [1.54, 1.807) is 6.07 Å². The van der Waals surface area contributed by atoms with Gasteiger partial charge < -0.3 is 9.64 Å². The Labute approximate surface area is 110 Å². The summed E-state index contributed by atoms with van der Waals surface area (Å²) in [5.74, 6) is 0.863. The van der Waals surface area contributed by atoms with Crippen LogP contribution < -0.4 is 4.74 Å². The molecule has 0 aliphatic carbocycles. The van der Waals surface area contributed by atoms with Crippen molar-refractivity contribution in [2.75, 3.05) is 27.2 Å². The lowest BCUT2D eigenvalue weighted by Crippen LogP contribution is -2.21. The summed E-state index contributed by atoms with van der Waals surface area (Å²) >= 11 is 0. The second kappa shape index (κ2) is 6.19. The third-order valence-corrected chi connectivity index (χ3v) is 2.80. The lowest BCUT2D eigenvalue weighted by molar-refractivity contribution is 0.256. The highest BCUT2D eigenvalue weighted by atomic mass is 19.1. The molecular weight excluding hydrogens is 229 g/mol. The van der Waals surface area contributed by atoms with Gasteiger partial charge in [-0.25, -0.2) is 4.39 Å². The molecule has 0 aromatic heterocycles. The molecule has 0 saturated carbocycles. The molecule has 1 aromatic rings. The molecular formula is C15H24FNO. The Balaban J connectivity index is 2.89. The number of hydrogen-bond donors (Lipinski definition) is 0. The van der Waals surface area contributed by atoms with Crippen molar-refractivity contribution in [2.24, 2.45) is 0 Å². The lowest BCUT2D eigenvalue weighted by Gasteiger charge is -2.24. The van der Waals surface area contributed by atoms with Gasteiger partial charge in [-0.05, 0) is 42.8 Å². The molecule has 2 nitrogen and oxygen atoms in total. The highest BCUT2D eigenvalue weighted by Crippen LogP contribution is 2.32. The predicted molar refractivity (Wildman–Crippen MR) is 74.0 cm³/mol. The Morgan fingerprint density at radius 2 is 1.89 bits per heavy atom. The van der Waals surface area contributed by atoms with Crippen molar-refractivity contribution in [1.82, 2.24) is 4.90 Å². The molecule has 0 unspecified atom stereocenters. The fourth-order valence-corrected chi connectivity index (χ4v) is 1.71. The van der Waals surface area contributed by atoms with Gasteiger partial charge in [0.25, 0.3) is 0 Å². The lowest BCUT2D eigenvalue weighted by atomic mass is 9.85. The Morgan fingerprint density at radius 1 is 1.22 bits per heavy atom. The van der Waals surface area contributed by atoms with E-state index in [0.717, 1.165) is 17.9 Å². The van der Waals surface area contributed by atoms with E-state index in [4.69, 9.17) is 4.74 Å². The van der Waals surface area contributed by atoms with Crippen molar-refractivity contribution in [3.05, 3.63) is 29.3 Å². The first-order valence-electron chi connectivity index (χ1n) is 6.31. The van der Waals surface area contributed by atoms with Crippen LogP contribution >= 0.6 is 0 Å². The van der Waals surface area contributed by atoms with Crippen molar-refractivity contribution in [3.63, 3.8) is 0 Å². The van der Waals surface area contributed by atoms with Crippen LogP contribution in [0.5, 0.6) is 5.75 Å². The van der Waals surface area contributed by atoms with Crippen LogP contribution in [-0.4, -0.2) is 32.1 Å². The average Bonchev–Trinajstić information content (AvgIpc) is 2.27. The number of alkyl halides is 1. The quantitative estimate of drug-likeness (QED) is 0.797. The minimum Gasteiger partial charge on any atom is -0.492 e. The predicted octanol–water partition coefficient (Wildman–Crippen LogP) is 3.39. The molecule has 0 fully saturated rings. The number of likely N-dealkylation sites (N-methyl/N-ethyl adjacent to an activating group) is 1. The van der Waals surface area contributed by atoms with Gasteiger partial charge in [-0.3, -0.25) is 0 Å². The van der Waals surface area contributed by atoms with E-state index in [-0.39, 0.29) is 5.41 Å². The van der Waals surface area contributed by atoms with E-state index in [1.807, 2.05) is 26.2 Å². The maximum atomic E-state index is 12.7. The second-order valence-corrected chi connectivity index (χ2v) is 5.87. The zero-order valence-electron chi connectivity index (χ0n) is 12.1. The Hall–Kier alpha value is -1.09. The van der Waals surface area contributed by atoms with E-state index in [2.05, 4.69) is 25.7 Å². The summed E-state index contributed by atoms with van der Waals surface area (Å²) in [6, 6.07) is 5.58. The number of benzene rings is 1. The van der Waals surface area contributed by atoms with Crippen LogP contribution in [0.25, 0.3) is 0 Å². The van der Waals surface area contributed by atoms with Gasteiger partial charge in [-0.15, -0.1) is 0 Å². The molecule has 0 radical (unpaired) electrons. The first-order chi connectivity index (χ1) is 8.34. The van der Waals surface area contributed by atoms with Crippen LogP contribution in [0.3, 0.4) is 0 Å². The maximum Gasteiger partial charge on any atom is 0.123 e. The molecule has 0 amide bonds. The molecule has 0 N–H and O–H groups in total. The normalized spacial score (nSPS) is 11.9.